The Balaban J connectivity index is 3.24. The van der Waals surface area contributed by atoms with Crippen molar-refractivity contribution in [3.63, 3.8) is 0 Å². The highest BCUT2D eigenvalue weighted by molar-refractivity contribution is 5.63. The number of hydrogen-bond donors (Lipinski definition) is 0. The summed E-state index contributed by atoms with van der Waals surface area (Å²) < 4.78 is 16.5. The second-order valence-electron chi connectivity index (χ2n) is 3.74. The van der Waals surface area contributed by atoms with E-state index in [9.17, 15) is 10.1 Å². The lowest BCUT2D eigenvalue weighted by Crippen LogP contribution is -2.01. The molecule has 0 atom stereocenters. The van der Waals surface area contributed by atoms with E-state index in [0.717, 1.165) is 6.20 Å². The molecule has 6 nitrogen and oxygen atoms in total. The van der Waals surface area contributed by atoms with E-state index in [2.05, 4.69) is 0 Å². The third-order valence-corrected chi connectivity index (χ3v) is 2.35. The number of benzene rings is 1. The largest absolute Gasteiger partial charge is 0.493 e. The first kappa shape index (κ1) is 15.8. The Hall–Kier alpha value is -2.24. The van der Waals surface area contributed by atoms with Crippen molar-refractivity contribution >= 4 is 6.08 Å². The first-order valence-corrected chi connectivity index (χ1v) is 6.50. The highest BCUT2D eigenvalue weighted by atomic mass is 16.6. The van der Waals surface area contributed by atoms with Crippen LogP contribution in [0.4, 0.5) is 0 Å². The standard InChI is InChI=1S/C14H19NO5/c1-4-18-12-10-14(20-6-3)13(19-5-2)9-11(12)7-8-15(16)17/h7-10H,4-6H2,1-3H3/b8-7-. The summed E-state index contributed by atoms with van der Waals surface area (Å²) in [5.41, 5.74) is 0.579. The van der Waals surface area contributed by atoms with Crippen molar-refractivity contribution in [1.29, 1.82) is 0 Å². The van der Waals surface area contributed by atoms with Crippen LogP contribution in [-0.4, -0.2) is 24.7 Å². The van der Waals surface area contributed by atoms with Gasteiger partial charge in [0.05, 0.1) is 24.7 Å². The third-order valence-electron chi connectivity index (χ3n) is 2.35. The zero-order chi connectivity index (χ0) is 15.0. The van der Waals surface area contributed by atoms with Gasteiger partial charge in [-0.05, 0) is 26.8 Å². The predicted octanol–water partition coefficient (Wildman–Crippen LogP) is 3.13. The molecule has 0 amide bonds. The Morgan fingerprint density at radius 1 is 1.00 bits per heavy atom. The number of ether oxygens (including phenoxy) is 3. The second kappa shape index (κ2) is 8.04. The summed E-state index contributed by atoms with van der Waals surface area (Å²) in [6, 6.07) is 3.37. The van der Waals surface area contributed by atoms with Crippen LogP contribution in [0.25, 0.3) is 6.08 Å². The highest BCUT2D eigenvalue weighted by Crippen LogP contribution is 2.36. The molecule has 0 heterocycles. The minimum Gasteiger partial charge on any atom is -0.493 e. The van der Waals surface area contributed by atoms with Crippen molar-refractivity contribution in [3.05, 3.63) is 34.0 Å². The van der Waals surface area contributed by atoms with Crippen molar-refractivity contribution < 1.29 is 19.1 Å². The van der Waals surface area contributed by atoms with Crippen LogP contribution in [0.5, 0.6) is 17.2 Å². The van der Waals surface area contributed by atoms with E-state index in [1.807, 2.05) is 20.8 Å². The molecule has 0 saturated heterocycles. The predicted molar refractivity (Wildman–Crippen MR) is 76.0 cm³/mol. The normalized spacial score (nSPS) is 10.6. The van der Waals surface area contributed by atoms with Crippen LogP contribution in [0.15, 0.2) is 18.3 Å². The summed E-state index contributed by atoms with van der Waals surface area (Å²) in [6.07, 6.45) is 2.25. The van der Waals surface area contributed by atoms with Crippen molar-refractivity contribution in [1.82, 2.24) is 0 Å². The van der Waals surface area contributed by atoms with Crippen LogP contribution >= 0.6 is 0 Å². The molecule has 0 radical (unpaired) electrons. The molecule has 0 N–H and O–H groups in total. The van der Waals surface area contributed by atoms with Crippen molar-refractivity contribution in [2.45, 2.75) is 20.8 Å². The van der Waals surface area contributed by atoms with Gasteiger partial charge < -0.3 is 14.2 Å². The Morgan fingerprint density at radius 3 is 2.00 bits per heavy atom. The molecule has 110 valence electrons. The number of hydrogen-bond acceptors (Lipinski definition) is 5. The lowest BCUT2D eigenvalue weighted by atomic mass is 10.1. The fraction of sp³-hybridized carbons (Fsp3) is 0.429. The lowest BCUT2D eigenvalue weighted by molar-refractivity contribution is -0.400. The van der Waals surface area contributed by atoms with Gasteiger partial charge >= 0.3 is 0 Å². The molecule has 1 aromatic carbocycles. The Labute approximate surface area is 118 Å². The van der Waals surface area contributed by atoms with Crippen LogP contribution in [0.1, 0.15) is 26.3 Å². The number of nitro groups is 1. The van der Waals surface area contributed by atoms with E-state index in [0.29, 0.717) is 42.6 Å². The molecule has 0 aliphatic carbocycles. The quantitative estimate of drug-likeness (QED) is 0.540. The summed E-state index contributed by atoms with van der Waals surface area (Å²) in [5.74, 6) is 1.63. The van der Waals surface area contributed by atoms with Crippen LogP contribution in [-0.2, 0) is 0 Å². The molecule has 0 spiro atoms. The smallest absolute Gasteiger partial charge is 0.235 e. The molecule has 0 unspecified atom stereocenters. The summed E-state index contributed by atoms with van der Waals surface area (Å²) in [6.45, 7) is 7.01. The molecular formula is C14H19NO5. The van der Waals surface area contributed by atoms with Gasteiger partial charge in [-0.15, -0.1) is 0 Å². The van der Waals surface area contributed by atoms with Gasteiger partial charge in [-0.25, -0.2) is 0 Å². The van der Waals surface area contributed by atoms with E-state index in [1.54, 1.807) is 12.1 Å². The summed E-state index contributed by atoms with van der Waals surface area (Å²) in [7, 11) is 0. The van der Waals surface area contributed by atoms with Gasteiger partial charge in [0.2, 0.25) is 6.20 Å². The van der Waals surface area contributed by atoms with Gasteiger partial charge in [0.25, 0.3) is 0 Å². The average molecular weight is 281 g/mol. The average Bonchev–Trinajstić information content (AvgIpc) is 2.40. The minimum absolute atomic E-state index is 0.457. The maximum atomic E-state index is 10.4. The molecular weight excluding hydrogens is 262 g/mol. The van der Waals surface area contributed by atoms with E-state index in [4.69, 9.17) is 14.2 Å². The fourth-order valence-electron chi connectivity index (χ4n) is 1.65. The minimum atomic E-state index is -0.521. The highest BCUT2D eigenvalue weighted by Gasteiger charge is 2.12. The molecule has 6 heteroatoms. The zero-order valence-corrected chi connectivity index (χ0v) is 11.9. The Morgan fingerprint density at radius 2 is 1.50 bits per heavy atom. The topological polar surface area (TPSA) is 70.8 Å². The molecule has 0 aliphatic rings. The summed E-state index contributed by atoms with van der Waals surface area (Å²) >= 11 is 0. The lowest BCUT2D eigenvalue weighted by Gasteiger charge is -2.15. The van der Waals surface area contributed by atoms with Gasteiger partial charge in [-0.2, -0.15) is 0 Å². The first-order valence-electron chi connectivity index (χ1n) is 6.50. The SMILES string of the molecule is CCOc1cc(OCC)c(OCC)cc1/C=C\[N+](=O)[O-]. The third kappa shape index (κ3) is 4.46. The Kier molecular flexibility index (Phi) is 6.36. The molecule has 1 rings (SSSR count). The van der Waals surface area contributed by atoms with Crippen molar-refractivity contribution in [2.24, 2.45) is 0 Å². The van der Waals surface area contributed by atoms with E-state index in [1.165, 1.54) is 6.08 Å². The van der Waals surface area contributed by atoms with Crippen LogP contribution < -0.4 is 14.2 Å². The molecule has 1 aromatic rings. The fourth-order valence-corrected chi connectivity index (χ4v) is 1.65. The van der Waals surface area contributed by atoms with Gasteiger partial charge in [-0.1, -0.05) is 0 Å². The van der Waals surface area contributed by atoms with E-state index >= 15 is 0 Å². The zero-order valence-electron chi connectivity index (χ0n) is 11.9. The summed E-state index contributed by atoms with van der Waals surface area (Å²) in [5, 5.41) is 10.4. The van der Waals surface area contributed by atoms with Crippen LogP contribution in [0.3, 0.4) is 0 Å². The van der Waals surface area contributed by atoms with Crippen LogP contribution in [0.2, 0.25) is 0 Å². The Bertz CT molecular complexity index is 485. The molecule has 0 aliphatic heterocycles. The van der Waals surface area contributed by atoms with Gasteiger partial charge in [-0.3, -0.25) is 10.1 Å². The number of nitrogens with zero attached hydrogens (tertiary/aromatic N) is 1. The van der Waals surface area contributed by atoms with E-state index in [-0.39, 0.29) is 0 Å². The first-order chi connectivity index (χ1) is 9.62. The maximum Gasteiger partial charge on any atom is 0.235 e. The summed E-state index contributed by atoms with van der Waals surface area (Å²) in [4.78, 5) is 9.92. The van der Waals surface area contributed by atoms with Gasteiger partial charge in [0, 0.05) is 17.7 Å². The monoisotopic (exact) mass is 281 g/mol. The molecule has 20 heavy (non-hydrogen) atoms. The molecule has 0 aromatic heterocycles. The van der Waals surface area contributed by atoms with E-state index < -0.39 is 4.92 Å². The molecule has 0 fully saturated rings. The van der Waals surface area contributed by atoms with Crippen molar-refractivity contribution in [2.75, 3.05) is 19.8 Å². The number of rotatable bonds is 8. The molecule has 0 bridgehead atoms. The van der Waals surface area contributed by atoms with Gasteiger partial charge in [0.15, 0.2) is 11.5 Å². The van der Waals surface area contributed by atoms with Gasteiger partial charge in [0.1, 0.15) is 5.75 Å². The van der Waals surface area contributed by atoms with Crippen LogP contribution in [0, 0.1) is 10.1 Å². The second-order valence-corrected chi connectivity index (χ2v) is 3.74. The molecule has 0 saturated carbocycles. The maximum absolute atomic E-state index is 10.4. The van der Waals surface area contributed by atoms with Crippen molar-refractivity contribution in [3.8, 4) is 17.2 Å².